The highest BCUT2D eigenvalue weighted by Crippen LogP contribution is 2.34. The van der Waals surface area contributed by atoms with E-state index in [0.29, 0.717) is 19.0 Å². The fourth-order valence-electron chi connectivity index (χ4n) is 3.71. The van der Waals surface area contributed by atoms with Crippen LogP contribution in [0.25, 0.3) is 0 Å². The lowest BCUT2D eigenvalue weighted by Gasteiger charge is -2.33. The molecule has 1 aromatic rings. The monoisotopic (exact) mass is 362 g/mol. The molecule has 0 atom stereocenters. The van der Waals surface area contributed by atoms with E-state index in [9.17, 15) is 4.79 Å². The molecule has 25 heavy (non-hydrogen) atoms. The number of nitrogens with zero attached hydrogens (tertiary/aromatic N) is 3. The molecule has 1 saturated carbocycles. The van der Waals surface area contributed by atoms with Gasteiger partial charge in [-0.2, -0.15) is 0 Å². The van der Waals surface area contributed by atoms with Crippen molar-refractivity contribution in [3.8, 4) is 0 Å². The Morgan fingerprint density at radius 3 is 2.68 bits per heavy atom. The Bertz CT molecular complexity index is 560. The van der Waals surface area contributed by atoms with Crippen molar-refractivity contribution in [1.82, 2.24) is 20.1 Å². The molecule has 1 saturated heterocycles. The summed E-state index contributed by atoms with van der Waals surface area (Å²) in [6.45, 7) is 9.50. The van der Waals surface area contributed by atoms with Crippen molar-refractivity contribution in [3.63, 3.8) is 0 Å². The summed E-state index contributed by atoms with van der Waals surface area (Å²) in [5.74, 6) is 0.795. The number of amides is 1. The summed E-state index contributed by atoms with van der Waals surface area (Å²) in [5.41, 5.74) is 1.22. The number of hydrogen-bond acceptors (Lipinski definition) is 5. The van der Waals surface area contributed by atoms with Crippen LogP contribution in [-0.4, -0.2) is 60.0 Å². The number of rotatable bonds is 7. The smallest absolute Gasteiger partial charge is 0.234 e. The van der Waals surface area contributed by atoms with E-state index in [1.54, 1.807) is 6.08 Å². The second-order valence-electron chi connectivity index (χ2n) is 7.16. The number of carbonyl (C=O) groups excluding carboxylic acids is 1. The lowest BCUT2D eigenvalue weighted by molar-refractivity contribution is -0.122. The molecule has 6 heteroatoms. The van der Waals surface area contributed by atoms with Gasteiger partial charge in [-0.25, -0.2) is 4.98 Å². The van der Waals surface area contributed by atoms with Crippen molar-refractivity contribution >= 4 is 17.2 Å². The second-order valence-corrected chi connectivity index (χ2v) is 8.05. The van der Waals surface area contributed by atoms with Crippen LogP contribution in [0.3, 0.4) is 0 Å². The van der Waals surface area contributed by atoms with Gasteiger partial charge in [0.05, 0.1) is 17.2 Å². The summed E-state index contributed by atoms with van der Waals surface area (Å²) < 4.78 is 0. The zero-order chi connectivity index (χ0) is 17.5. The highest BCUT2D eigenvalue weighted by Gasteiger charge is 2.21. The van der Waals surface area contributed by atoms with Gasteiger partial charge in [-0.15, -0.1) is 17.9 Å². The molecule has 5 nitrogen and oxygen atoms in total. The zero-order valence-electron chi connectivity index (χ0n) is 15.1. The molecule has 0 radical (unpaired) electrons. The van der Waals surface area contributed by atoms with Gasteiger partial charge in [0.1, 0.15) is 0 Å². The summed E-state index contributed by atoms with van der Waals surface area (Å²) in [6, 6.07) is 0. The maximum Gasteiger partial charge on any atom is 0.234 e. The Morgan fingerprint density at radius 1 is 1.24 bits per heavy atom. The van der Waals surface area contributed by atoms with Crippen LogP contribution >= 0.6 is 11.3 Å². The number of thiazole rings is 1. The molecular weight excluding hydrogens is 332 g/mol. The average molecular weight is 363 g/mol. The first-order valence-corrected chi connectivity index (χ1v) is 10.4. The van der Waals surface area contributed by atoms with E-state index in [2.05, 4.69) is 27.1 Å². The number of carbonyl (C=O) groups is 1. The molecule has 0 spiro atoms. The van der Waals surface area contributed by atoms with E-state index in [1.165, 1.54) is 42.8 Å². The second kappa shape index (κ2) is 9.46. The van der Waals surface area contributed by atoms with E-state index < -0.39 is 0 Å². The van der Waals surface area contributed by atoms with Crippen molar-refractivity contribution in [3.05, 3.63) is 28.7 Å². The lowest BCUT2D eigenvalue weighted by atomic mass is 9.90. The molecule has 0 aromatic carbocycles. The Labute approximate surface area is 155 Å². The van der Waals surface area contributed by atoms with Crippen molar-refractivity contribution in [2.45, 2.75) is 44.6 Å². The Kier molecular flexibility index (Phi) is 7.02. The van der Waals surface area contributed by atoms with Gasteiger partial charge in [0.2, 0.25) is 5.91 Å². The Hall–Kier alpha value is -1.24. The van der Waals surface area contributed by atoms with Gasteiger partial charge in [0.15, 0.2) is 0 Å². The lowest BCUT2D eigenvalue weighted by Crippen LogP contribution is -2.49. The summed E-state index contributed by atoms with van der Waals surface area (Å²) in [4.78, 5) is 21.4. The van der Waals surface area contributed by atoms with Gasteiger partial charge < -0.3 is 5.32 Å². The maximum absolute atomic E-state index is 11.8. The van der Waals surface area contributed by atoms with Gasteiger partial charge in [0.25, 0.3) is 0 Å². The predicted octanol–water partition coefficient (Wildman–Crippen LogP) is 2.61. The highest BCUT2D eigenvalue weighted by atomic mass is 32.1. The van der Waals surface area contributed by atoms with Gasteiger partial charge in [0, 0.05) is 50.6 Å². The molecule has 1 aliphatic heterocycles. The maximum atomic E-state index is 11.8. The molecule has 0 unspecified atom stereocenters. The molecule has 2 fully saturated rings. The first kappa shape index (κ1) is 18.5. The van der Waals surface area contributed by atoms with Crippen molar-refractivity contribution < 1.29 is 4.79 Å². The van der Waals surface area contributed by atoms with E-state index >= 15 is 0 Å². The SMILES string of the molecule is C=CCNC(=O)CN1CCN(Cc2csc(C3CCCCC3)n2)CC1. The van der Waals surface area contributed by atoms with Crippen molar-refractivity contribution in [2.24, 2.45) is 0 Å². The van der Waals surface area contributed by atoms with Gasteiger partial charge in [-0.1, -0.05) is 25.3 Å². The largest absolute Gasteiger partial charge is 0.352 e. The molecule has 2 aliphatic rings. The Morgan fingerprint density at radius 2 is 1.96 bits per heavy atom. The molecule has 0 bridgehead atoms. The molecule has 138 valence electrons. The van der Waals surface area contributed by atoms with Crippen LogP contribution in [0.1, 0.15) is 48.7 Å². The third kappa shape index (κ3) is 5.62. The highest BCUT2D eigenvalue weighted by molar-refractivity contribution is 7.09. The van der Waals surface area contributed by atoms with E-state index in [4.69, 9.17) is 4.98 Å². The van der Waals surface area contributed by atoms with Crippen molar-refractivity contribution in [2.75, 3.05) is 39.3 Å². The molecule has 1 N–H and O–H groups in total. The predicted molar refractivity (Wildman–Crippen MR) is 103 cm³/mol. The molecule has 1 aliphatic carbocycles. The van der Waals surface area contributed by atoms with Crippen molar-refractivity contribution in [1.29, 1.82) is 0 Å². The quantitative estimate of drug-likeness (QED) is 0.758. The van der Waals surface area contributed by atoms with Crippen LogP contribution in [-0.2, 0) is 11.3 Å². The fourth-order valence-corrected chi connectivity index (χ4v) is 4.69. The molecule has 2 heterocycles. The molecule has 3 rings (SSSR count). The standard InChI is InChI=1S/C19H30N4OS/c1-2-8-20-18(24)14-23-11-9-22(10-12-23)13-17-15-25-19(21-17)16-6-4-3-5-7-16/h2,15-16H,1,3-14H2,(H,20,24). The summed E-state index contributed by atoms with van der Waals surface area (Å²) in [5, 5.41) is 6.45. The normalized spacial score (nSPS) is 20.5. The van der Waals surface area contributed by atoms with Crippen LogP contribution in [0, 0.1) is 0 Å². The minimum absolute atomic E-state index is 0.0879. The fraction of sp³-hybridized carbons (Fsp3) is 0.684. The topological polar surface area (TPSA) is 48.5 Å². The Balaban J connectivity index is 1.41. The number of piperazine rings is 1. The average Bonchev–Trinajstić information content (AvgIpc) is 3.11. The zero-order valence-corrected chi connectivity index (χ0v) is 15.9. The van der Waals surface area contributed by atoms with Crippen LogP contribution in [0.2, 0.25) is 0 Å². The number of nitrogens with one attached hydrogen (secondary N) is 1. The van der Waals surface area contributed by atoms with Crippen LogP contribution in [0.15, 0.2) is 18.0 Å². The number of aromatic nitrogens is 1. The molecule has 1 aromatic heterocycles. The summed E-state index contributed by atoms with van der Waals surface area (Å²) >= 11 is 1.85. The van der Waals surface area contributed by atoms with Crippen LogP contribution in [0.4, 0.5) is 0 Å². The summed E-state index contributed by atoms with van der Waals surface area (Å²) in [7, 11) is 0. The number of hydrogen-bond donors (Lipinski definition) is 1. The van der Waals surface area contributed by atoms with Crippen LogP contribution in [0.5, 0.6) is 0 Å². The van der Waals surface area contributed by atoms with E-state index in [1.807, 2.05) is 11.3 Å². The van der Waals surface area contributed by atoms with Gasteiger partial charge in [-0.3, -0.25) is 14.6 Å². The van der Waals surface area contributed by atoms with E-state index in [0.717, 1.165) is 32.7 Å². The third-order valence-corrected chi connectivity index (χ3v) is 6.24. The third-order valence-electron chi connectivity index (χ3n) is 5.19. The molecular formula is C19H30N4OS. The minimum atomic E-state index is 0.0879. The first-order valence-electron chi connectivity index (χ1n) is 9.51. The molecule has 1 amide bonds. The first-order chi connectivity index (χ1) is 12.2. The minimum Gasteiger partial charge on any atom is -0.352 e. The van der Waals surface area contributed by atoms with E-state index in [-0.39, 0.29) is 5.91 Å². The van der Waals surface area contributed by atoms with Crippen LogP contribution < -0.4 is 5.32 Å². The summed E-state index contributed by atoms with van der Waals surface area (Å²) in [6.07, 6.45) is 8.47. The van der Waals surface area contributed by atoms with Gasteiger partial charge >= 0.3 is 0 Å². The van der Waals surface area contributed by atoms with Gasteiger partial charge in [-0.05, 0) is 12.8 Å².